The molecule has 4 nitrogen and oxygen atoms in total. The molecule has 1 atom stereocenters. The number of hydrogen-bond acceptors (Lipinski definition) is 3. The molecular weight excluding hydrogens is 276 g/mol. The van der Waals surface area contributed by atoms with Crippen LogP contribution >= 0.6 is 0 Å². The molecule has 4 heteroatoms. The molecule has 0 amide bonds. The minimum atomic E-state index is -0.913. The van der Waals surface area contributed by atoms with Gasteiger partial charge in [0.1, 0.15) is 6.04 Å². The van der Waals surface area contributed by atoms with Crippen molar-refractivity contribution in [3.8, 4) is 0 Å². The number of carbonyl (C=O) groups is 1. The van der Waals surface area contributed by atoms with Gasteiger partial charge in [-0.15, -0.1) is 0 Å². The van der Waals surface area contributed by atoms with Gasteiger partial charge in [0.25, 0.3) is 0 Å². The average molecular weight is 312 g/mol. The fourth-order valence-corrected chi connectivity index (χ4v) is 3.48. The van der Waals surface area contributed by atoms with Gasteiger partial charge in [-0.1, -0.05) is 52.4 Å². The highest BCUT2D eigenvalue weighted by molar-refractivity contribution is 5.72. The van der Waals surface area contributed by atoms with Crippen molar-refractivity contribution in [2.24, 2.45) is 11.7 Å². The summed E-state index contributed by atoms with van der Waals surface area (Å²) in [7, 11) is 0. The van der Waals surface area contributed by atoms with E-state index < -0.39 is 12.0 Å². The fraction of sp³-hybridized carbons (Fsp3) is 0.944. The van der Waals surface area contributed by atoms with Gasteiger partial charge < -0.3 is 16.2 Å². The smallest absolute Gasteiger partial charge is 0.320 e. The molecule has 1 unspecified atom stereocenters. The quantitative estimate of drug-likeness (QED) is 0.724. The van der Waals surface area contributed by atoms with Crippen molar-refractivity contribution < 1.29 is 9.90 Å². The van der Waals surface area contributed by atoms with Crippen molar-refractivity contribution in [2.45, 2.75) is 103 Å². The molecule has 0 aliphatic heterocycles. The molecule has 0 bridgehead atoms. The van der Waals surface area contributed by atoms with Crippen LogP contribution in [-0.2, 0) is 4.79 Å². The summed E-state index contributed by atoms with van der Waals surface area (Å²) in [6.07, 6.45) is 15.1. The Morgan fingerprint density at radius 3 is 1.68 bits per heavy atom. The molecule has 130 valence electrons. The molecule has 4 N–H and O–H groups in total. The molecule has 2 aliphatic carbocycles. The summed E-state index contributed by atoms with van der Waals surface area (Å²) in [5, 5.41) is 12.2. The second-order valence-electron chi connectivity index (χ2n) is 7.41. The van der Waals surface area contributed by atoms with Crippen LogP contribution in [-0.4, -0.2) is 29.2 Å². The molecule has 0 heterocycles. The molecule has 0 aromatic rings. The summed E-state index contributed by atoms with van der Waals surface area (Å²) >= 11 is 0. The zero-order valence-corrected chi connectivity index (χ0v) is 14.5. The summed E-state index contributed by atoms with van der Waals surface area (Å²) in [6, 6.07) is 1.05. The topological polar surface area (TPSA) is 75.3 Å². The average Bonchev–Trinajstić information content (AvgIpc) is 2.49. The number of nitrogens with two attached hydrogens (primary N) is 1. The summed E-state index contributed by atoms with van der Waals surface area (Å²) < 4.78 is 0. The Labute approximate surface area is 136 Å². The van der Waals surface area contributed by atoms with Gasteiger partial charge in [-0.25, -0.2) is 0 Å². The number of nitrogens with one attached hydrogen (secondary N) is 1. The lowest BCUT2D eigenvalue weighted by molar-refractivity contribution is -0.138. The minimum Gasteiger partial charge on any atom is -0.480 e. The maximum Gasteiger partial charge on any atom is 0.320 e. The maximum atomic E-state index is 10.1. The van der Waals surface area contributed by atoms with E-state index in [1.807, 2.05) is 13.8 Å². The monoisotopic (exact) mass is 312 g/mol. The lowest BCUT2D eigenvalue weighted by Gasteiger charge is -2.30. The number of carboxylic acid groups (broad SMARTS) is 1. The Balaban J connectivity index is 0.000000239. The minimum absolute atomic E-state index is 0.357. The standard InChI is InChI=1S/C12H23N.C6H13NO2/c1-3-7-11(8-4-1)13-12-9-5-2-6-10-12;1-4(2)3-5(7)6(8)9/h11-13H,1-10H2;4-5H,3,7H2,1-2H3,(H,8,9). The Kier molecular flexibility index (Phi) is 9.73. The zero-order chi connectivity index (χ0) is 16.4. The van der Waals surface area contributed by atoms with E-state index in [0.717, 1.165) is 12.1 Å². The first-order valence-corrected chi connectivity index (χ1v) is 9.23. The van der Waals surface area contributed by atoms with Crippen LogP contribution in [0.25, 0.3) is 0 Å². The van der Waals surface area contributed by atoms with Crippen LogP contribution in [0.5, 0.6) is 0 Å². The first-order valence-electron chi connectivity index (χ1n) is 9.23. The molecule has 22 heavy (non-hydrogen) atoms. The van der Waals surface area contributed by atoms with Crippen LogP contribution in [0.1, 0.15) is 84.5 Å². The summed E-state index contributed by atoms with van der Waals surface area (Å²) in [4.78, 5) is 10.1. The van der Waals surface area contributed by atoms with E-state index in [9.17, 15) is 4.79 Å². The molecule has 0 spiro atoms. The van der Waals surface area contributed by atoms with E-state index in [1.54, 1.807) is 0 Å². The Morgan fingerprint density at radius 1 is 1.00 bits per heavy atom. The Hall–Kier alpha value is -0.610. The highest BCUT2D eigenvalue weighted by atomic mass is 16.4. The molecule has 0 aromatic heterocycles. The van der Waals surface area contributed by atoms with Crippen LogP contribution in [0.3, 0.4) is 0 Å². The lowest BCUT2D eigenvalue weighted by Crippen LogP contribution is -2.40. The van der Waals surface area contributed by atoms with Crippen molar-refractivity contribution in [3.05, 3.63) is 0 Å². The second-order valence-corrected chi connectivity index (χ2v) is 7.41. The van der Waals surface area contributed by atoms with Crippen LogP contribution in [0.4, 0.5) is 0 Å². The van der Waals surface area contributed by atoms with Crippen molar-refractivity contribution in [1.29, 1.82) is 0 Å². The van der Waals surface area contributed by atoms with Gasteiger partial charge in [-0.05, 0) is 38.0 Å². The third-order valence-electron chi connectivity index (χ3n) is 4.72. The van der Waals surface area contributed by atoms with E-state index >= 15 is 0 Å². The Morgan fingerprint density at radius 2 is 1.41 bits per heavy atom. The molecule has 2 fully saturated rings. The van der Waals surface area contributed by atoms with Crippen LogP contribution in [0.15, 0.2) is 0 Å². The zero-order valence-electron chi connectivity index (χ0n) is 14.5. The van der Waals surface area contributed by atoms with Gasteiger partial charge in [0, 0.05) is 12.1 Å². The summed E-state index contributed by atoms with van der Waals surface area (Å²) in [5.41, 5.74) is 5.22. The molecule has 2 aliphatic rings. The molecular formula is C18H36N2O2. The predicted molar refractivity (Wildman–Crippen MR) is 91.9 cm³/mol. The second kappa shape index (κ2) is 11.0. The largest absolute Gasteiger partial charge is 0.480 e. The first-order chi connectivity index (χ1) is 10.5. The normalized spacial score (nSPS) is 22.0. The van der Waals surface area contributed by atoms with E-state index in [0.29, 0.717) is 12.3 Å². The van der Waals surface area contributed by atoms with E-state index in [-0.39, 0.29) is 0 Å². The van der Waals surface area contributed by atoms with Gasteiger partial charge in [0.2, 0.25) is 0 Å². The number of aliphatic carboxylic acids is 1. The van der Waals surface area contributed by atoms with Crippen molar-refractivity contribution in [2.75, 3.05) is 0 Å². The molecule has 0 radical (unpaired) electrons. The van der Waals surface area contributed by atoms with Crippen molar-refractivity contribution in [3.63, 3.8) is 0 Å². The van der Waals surface area contributed by atoms with Gasteiger partial charge in [-0.2, -0.15) is 0 Å². The third kappa shape index (κ3) is 8.74. The highest BCUT2D eigenvalue weighted by Crippen LogP contribution is 2.22. The summed E-state index contributed by atoms with van der Waals surface area (Å²) in [5.74, 6) is -0.556. The lowest BCUT2D eigenvalue weighted by atomic mass is 9.91. The molecule has 0 saturated heterocycles. The first kappa shape index (κ1) is 19.4. The van der Waals surface area contributed by atoms with Crippen LogP contribution in [0.2, 0.25) is 0 Å². The van der Waals surface area contributed by atoms with Gasteiger partial charge in [-0.3, -0.25) is 4.79 Å². The van der Waals surface area contributed by atoms with Crippen molar-refractivity contribution in [1.82, 2.24) is 5.32 Å². The molecule has 2 rings (SSSR count). The molecule has 2 saturated carbocycles. The van der Waals surface area contributed by atoms with Gasteiger partial charge in [0.05, 0.1) is 0 Å². The third-order valence-corrected chi connectivity index (χ3v) is 4.72. The molecule has 0 aromatic carbocycles. The number of rotatable bonds is 5. The van der Waals surface area contributed by atoms with Gasteiger partial charge >= 0.3 is 5.97 Å². The van der Waals surface area contributed by atoms with Crippen LogP contribution < -0.4 is 11.1 Å². The fourth-order valence-electron chi connectivity index (χ4n) is 3.48. The van der Waals surface area contributed by atoms with E-state index in [2.05, 4.69) is 5.32 Å². The predicted octanol–water partition coefficient (Wildman–Crippen LogP) is 3.69. The Bertz CT molecular complexity index is 279. The van der Waals surface area contributed by atoms with E-state index in [1.165, 1.54) is 64.2 Å². The number of hydrogen-bond donors (Lipinski definition) is 3. The SMILES string of the molecule is C1CCC(NC2CCCCC2)CC1.CC(C)CC(N)C(=O)O. The van der Waals surface area contributed by atoms with Crippen LogP contribution in [0, 0.1) is 5.92 Å². The highest BCUT2D eigenvalue weighted by Gasteiger charge is 2.19. The summed E-state index contributed by atoms with van der Waals surface area (Å²) in [6.45, 7) is 3.89. The number of carboxylic acids is 1. The van der Waals surface area contributed by atoms with Gasteiger partial charge in [0.15, 0.2) is 0 Å². The maximum absolute atomic E-state index is 10.1. The van der Waals surface area contributed by atoms with Crippen molar-refractivity contribution >= 4 is 5.97 Å². The van der Waals surface area contributed by atoms with E-state index in [4.69, 9.17) is 10.8 Å².